The molecule has 6 rings (SSSR count). The fourth-order valence-electron chi connectivity index (χ4n) is 9.03. The number of alkyl halides is 5. The zero-order chi connectivity index (χ0) is 37.4. The SMILES string of the molecule is CCC(F)(F)c1ccc([C@H](F)C2C(C3CCC(F)(F)CC3)=C3C(=NC2C2CCN(c4ncc(CN(C)CCO)cn4)CC2)CC(C)(C)CC3O)cc1. The molecule has 2 N–H and O–H groups in total. The van der Waals surface area contributed by atoms with Crippen LogP contribution in [-0.2, 0) is 12.5 Å². The molecule has 4 aliphatic rings. The van der Waals surface area contributed by atoms with Gasteiger partial charge < -0.3 is 15.1 Å². The van der Waals surface area contributed by atoms with Gasteiger partial charge in [0.05, 0.1) is 18.8 Å². The molecule has 2 aliphatic carbocycles. The van der Waals surface area contributed by atoms with Gasteiger partial charge in [-0.15, -0.1) is 0 Å². The summed E-state index contributed by atoms with van der Waals surface area (Å²) in [5, 5.41) is 20.9. The van der Waals surface area contributed by atoms with Crippen molar-refractivity contribution >= 4 is 11.7 Å². The minimum atomic E-state index is -3.04. The predicted octanol–water partition coefficient (Wildman–Crippen LogP) is 8.07. The summed E-state index contributed by atoms with van der Waals surface area (Å²) in [6.07, 6.45) is 2.87. The number of rotatable bonds is 11. The monoisotopic (exact) mass is 731 g/mol. The van der Waals surface area contributed by atoms with Gasteiger partial charge in [-0.3, -0.25) is 9.89 Å². The Hall–Kier alpha value is -2.96. The van der Waals surface area contributed by atoms with Gasteiger partial charge >= 0.3 is 0 Å². The molecule has 1 saturated heterocycles. The molecule has 3 heterocycles. The van der Waals surface area contributed by atoms with Gasteiger partial charge in [0.2, 0.25) is 11.9 Å². The smallest absolute Gasteiger partial charge is 0.273 e. The first-order valence-electron chi connectivity index (χ1n) is 19.0. The molecule has 12 heteroatoms. The van der Waals surface area contributed by atoms with E-state index in [2.05, 4.69) is 28.7 Å². The summed E-state index contributed by atoms with van der Waals surface area (Å²) in [6, 6.07) is 4.93. The number of aliphatic hydroxyl groups is 2. The number of hydrogen-bond donors (Lipinski definition) is 2. The fourth-order valence-corrected chi connectivity index (χ4v) is 9.03. The van der Waals surface area contributed by atoms with Crippen LogP contribution in [0.1, 0.15) is 101 Å². The van der Waals surface area contributed by atoms with Crippen molar-refractivity contribution in [3.05, 3.63) is 64.5 Å². The molecule has 0 amide bonds. The molecule has 0 bridgehead atoms. The van der Waals surface area contributed by atoms with E-state index in [0.717, 1.165) is 16.8 Å². The molecule has 7 nitrogen and oxygen atoms in total. The quantitative estimate of drug-likeness (QED) is 0.228. The average Bonchev–Trinajstić information content (AvgIpc) is 3.10. The highest BCUT2D eigenvalue weighted by atomic mass is 19.3. The van der Waals surface area contributed by atoms with Crippen LogP contribution in [0.15, 0.2) is 52.8 Å². The number of aliphatic hydroxyl groups excluding tert-OH is 2. The second-order valence-electron chi connectivity index (χ2n) is 16.4. The van der Waals surface area contributed by atoms with Gasteiger partial charge in [0.15, 0.2) is 0 Å². The maximum Gasteiger partial charge on any atom is 0.273 e. The number of anilines is 1. The normalized spacial score (nSPS) is 26.3. The molecule has 2 aromatic rings. The maximum atomic E-state index is 17.5. The Bertz CT molecular complexity index is 1580. The first-order chi connectivity index (χ1) is 24.6. The Kier molecular flexibility index (Phi) is 11.5. The summed E-state index contributed by atoms with van der Waals surface area (Å²) in [4.78, 5) is 18.6. The van der Waals surface area contributed by atoms with Crippen molar-refractivity contribution in [3.63, 3.8) is 0 Å². The summed E-state index contributed by atoms with van der Waals surface area (Å²) in [7, 11) is 1.92. The summed E-state index contributed by atoms with van der Waals surface area (Å²) >= 11 is 0. The molecule has 286 valence electrons. The lowest BCUT2D eigenvalue weighted by molar-refractivity contribution is -0.0440. The van der Waals surface area contributed by atoms with Crippen molar-refractivity contribution < 1.29 is 32.2 Å². The Balaban J connectivity index is 1.33. The lowest BCUT2D eigenvalue weighted by Gasteiger charge is -2.48. The van der Waals surface area contributed by atoms with Crippen LogP contribution in [0, 0.1) is 23.2 Å². The van der Waals surface area contributed by atoms with Crippen molar-refractivity contribution in [1.29, 1.82) is 0 Å². The first kappa shape index (κ1) is 38.8. The molecule has 3 fully saturated rings. The van der Waals surface area contributed by atoms with Crippen LogP contribution in [0.5, 0.6) is 0 Å². The second-order valence-corrected chi connectivity index (χ2v) is 16.4. The largest absolute Gasteiger partial charge is 0.395 e. The van der Waals surface area contributed by atoms with Crippen LogP contribution in [0.4, 0.5) is 27.9 Å². The van der Waals surface area contributed by atoms with E-state index in [-0.39, 0.29) is 67.1 Å². The zero-order valence-corrected chi connectivity index (χ0v) is 30.8. The summed E-state index contributed by atoms with van der Waals surface area (Å²) in [5.74, 6) is -6.43. The maximum absolute atomic E-state index is 17.5. The topological polar surface area (TPSA) is 85.1 Å². The number of benzene rings is 1. The number of aliphatic imine (C=N–C) groups is 1. The number of likely N-dealkylation sites (N-methyl/N-ethyl adjacent to an activating group) is 1. The third-order valence-corrected chi connectivity index (χ3v) is 11.9. The minimum Gasteiger partial charge on any atom is -0.395 e. The third kappa shape index (κ3) is 8.39. The lowest BCUT2D eigenvalue weighted by atomic mass is 9.62. The molecule has 52 heavy (non-hydrogen) atoms. The fraction of sp³-hybridized carbons (Fsp3) is 0.675. The van der Waals surface area contributed by atoms with Gasteiger partial charge in [0.25, 0.3) is 5.92 Å². The van der Waals surface area contributed by atoms with E-state index < -0.39 is 36.1 Å². The van der Waals surface area contributed by atoms with Crippen LogP contribution >= 0.6 is 0 Å². The van der Waals surface area contributed by atoms with Gasteiger partial charge in [0, 0.05) is 86.2 Å². The zero-order valence-electron chi connectivity index (χ0n) is 30.8. The van der Waals surface area contributed by atoms with Crippen LogP contribution in [0.2, 0.25) is 0 Å². The first-order valence-corrected chi connectivity index (χ1v) is 19.0. The molecule has 3 unspecified atom stereocenters. The van der Waals surface area contributed by atoms with Crippen molar-refractivity contribution in [2.45, 2.75) is 115 Å². The molecule has 1 aromatic carbocycles. The summed E-state index contributed by atoms with van der Waals surface area (Å²) in [5.41, 5.74) is 2.87. The van der Waals surface area contributed by atoms with Gasteiger partial charge in [0.1, 0.15) is 6.17 Å². The number of fused-ring (bicyclic) bond motifs is 1. The van der Waals surface area contributed by atoms with E-state index in [9.17, 15) is 27.8 Å². The van der Waals surface area contributed by atoms with Crippen molar-refractivity contribution in [2.24, 2.45) is 28.2 Å². The molecular formula is C40H54F5N5O2. The van der Waals surface area contributed by atoms with E-state index >= 15 is 4.39 Å². The Morgan fingerprint density at radius 3 is 2.25 bits per heavy atom. The van der Waals surface area contributed by atoms with Gasteiger partial charge in [-0.2, -0.15) is 0 Å². The Morgan fingerprint density at radius 1 is 1.02 bits per heavy atom. The van der Waals surface area contributed by atoms with E-state index in [1.807, 2.05) is 11.9 Å². The number of piperidine rings is 1. The third-order valence-electron chi connectivity index (χ3n) is 11.9. The summed E-state index contributed by atoms with van der Waals surface area (Å²) < 4.78 is 75.7. The van der Waals surface area contributed by atoms with Gasteiger partial charge in [-0.25, -0.2) is 31.9 Å². The molecule has 2 aliphatic heterocycles. The van der Waals surface area contributed by atoms with Crippen molar-refractivity contribution in [1.82, 2.24) is 14.9 Å². The summed E-state index contributed by atoms with van der Waals surface area (Å²) in [6.45, 7) is 8.04. The van der Waals surface area contributed by atoms with Crippen LogP contribution in [0.3, 0.4) is 0 Å². The predicted molar refractivity (Wildman–Crippen MR) is 193 cm³/mol. The van der Waals surface area contributed by atoms with E-state index in [1.54, 1.807) is 12.4 Å². The second kappa shape index (κ2) is 15.4. The van der Waals surface area contributed by atoms with Gasteiger partial charge in [-0.05, 0) is 68.4 Å². The standard InChI is InChI=1S/C40H54F5N5O2/c1-5-40(44,45)29-8-6-27(7-9-29)35(41)34-32(26-10-14-39(42,43)15-11-26)33-30(20-38(2,3)21-31(33)52)48-36(34)28-12-16-50(17-13-28)37-46-22-25(23-47-37)24-49(4)18-19-51/h6-9,22-23,26,28,31,34-36,51-52H,5,10-21,24H2,1-4H3/t31?,34?,35-,36?/m0/s1. The van der Waals surface area contributed by atoms with E-state index in [4.69, 9.17) is 4.99 Å². The lowest BCUT2D eigenvalue weighted by Crippen LogP contribution is -2.48. The highest BCUT2D eigenvalue weighted by Gasteiger charge is 2.50. The van der Waals surface area contributed by atoms with E-state index in [1.165, 1.54) is 31.2 Å². The van der Waals surface area contributed by atoms with Crippen LogP contribution in [0.25, 0.3) is 0 Å². The average molecular weight is 732 g/mol. The number of halogens is 5. The minimum absolute atomic E-state index is 0.0501. The molecule has 1 aromatic heterocycles. The van der Waals surface area contributed by atoms with Crippen LogP contribution in [-0.4, -0.2) is 82.1 Å². The number of nitrogens with zero attached hydrogens (tertiary/aromatic N) is 5. The number of hydrogen-bond acceptors (Lipinski definition) is 7. The molecule has 4 atom stereocenters. The molecule has 0 radical (unpaired) electrons. The van der Waals surface area contributed by atoms with Crippen LogP contribution < -0.4 is 4.90 Å². The number of dihydropyridines is 1. The van der Waals surface area contributed by atoms with E-state index in [0.29, 0.717) is 63.4 Å². The van der Waals surface area contributed by atoms with Crippen molar-refractivity contribution in [3.8, 4) is 0 Å². The van der Waals surface area contributed by atoms with Crippen molar-refractivity contribution in [2.75, 3.05) is 38.2 Å². The Labute approximate surface area is 304 Å². The molecular weight excluding hydrogens is 677 g/mol. The molecule has 0 spiro atoms. The highest BCUT2D eigenvalue weighted by Crippen LogP contribution is 2.54. The highest BCUT2D eigenvalue weighted by molar-refractivity contribution is 6.04. The van der Waals surface area contributed by atoms with Gasteiger partial charge in [-0.1, -0.05) is 50.6 Å². The number of aromatic nitrogens is 2. The Morgan fingerprint density at radius 2 is 1.65 bits per heavy atom. The molecule has 2 saturated carbocycles.